The molecule has 0 saturated carbocycles. The van der Waals surface area contributed by atoms with Crippen molar-refractivity contribution in [3.63, 3.8) is 0 Å². The summed E-state index contributed by atoms with van der Waals surface area (Å²) >= 11 is 0. The Bertz CT molecular complexity index is 999. The molecular formula is C21H23N3O11. The van der Waals surface area contributed by atoms with Crippen molar-refractivity contribution in [2.24, 2.45) is 5.92 Å². The summed E-state index contributed by atoms with van der Waals surface area (Å²) in [5, 5.41) is 22.4. The molecule has 0 spiro atoms. The highest BCUT2D eigenvalue weighted by atomic mass is 16.6. The molecule has 2 rings (SSSR count). The number of hydrogen-bond acceptors (Lipinski definition) is 11. The van der Waals surface area contributed by atoms with Gasteiger partial charge in [-0.25, -0.2) is 9.59 Å². The van der Waals surface area contributed by atoms with Gasteiger partial charge in [0.15, 0.2) is 12.4 Å². The molecule has 1 aromatic rings. The number of amides is 1. The van der Waals surface area contributed by atoms with Crippen molar-refractivity contribution in [2.45, 2.75) is 32.5 Å². The molecule has 1 heterocycles. The van der Waals surface area contributed by atoms with Gasteiger partial charge in [0.05, 0.1) is 15.8 Å². The topological polar surface area (TPSA) is 185 Å². The second kappa shape index (κ2) is 12.2. The van der Waals surface area contributed by atoms with Gasteiger partial charge in [-0.2, -0.15) is 0 Å². The van der Waals surface area contributed by atoms with Crippen molar-refractivity contribution in [1.82, 2.24) is 4.90 Å². The summed E-state index contributed by atoms with van der Waals surface area (Å²) in [5.41, 5.74) is -1.32. The summed E-state index contributed by atoms with van der Waals surface area (Å²) in [5.74, 6) is -2.06. The van der Waals surface area contributed by atoms with E-state index in [2.05, 4.69) is 6.58 Å². The van der Waals surface area contributed by atoms with Crippen molar-refractivity contribution in [3.05, 3.63) is 56.1 Å². The molecular weight excluding hydrogens is 470 g/mol. The second-order valence-corrected chi connectivity index (χ2v) is 7.60. The molecule has 1 unspecified atom stereocenters. The third-order valence-corrected chi connectivity index (χ3v) is 5.09. The molecule has 0 radical (unpaired) electrons. The molecule has 1 fully saturated rings. The van der Waals surface area contributed by atoms with Crippen molar-refractivity contribution < 1.29 is 43.2 Å². The van der Waals surface area contributed by atoms with E-state index in [0.29, 0.717) is 6.29 Å². The number of likely N-dealkylation sites (tertiary alicyclic amines) is 1. The second-order valence-electron chi connectivity index (χ2n) is 7.60. The Labute approximate surface area is 198 Å². The average molecular weight is 493 g/mol. The van der Waals surface area contributed by atoms with Crippen LogP contribution >= 0.6 is 0 Å². The molecule has 0 aromatic heterocycles. The fourth-order valence-corrected chi connectivity index (χ4v) is 3.20. The quantitative estimate of drug-likeness (QED) is 0.116. The first kappa shape index (κ1) is 26.9. The van der Waals surface area contributed by atoms with Crippen LogP contribution < -0.4 is 0 Å². The SMILES string of the molecule is C=C(C)C(=O)OCC(C=O)OC(=O)C1CCN(C(=O)OCc2c([N+](=O)[O-])cccc2[N+](=O)[O-])CC1. The summed E-state index contributed by atoms with van der Waals surface area (Å²) in [6, 6.07) is 3.30. The lowest BCUT2D eigenvalue weighted by molar-refractivity contribution is -0.396. The summed E-state index contributed by atoms with van der Waals surface area (Å²) in [6.07, 6.45) is -1.46. The van der Waals surface area contributed by atoms with E-state index in [1.165, 1.54) is 11.8 Å². The Balaban J connectivity index is 1.89. The van der Waals surface area contributed by atoms with Crippen LogP contribution in [0.15, 0.2) is 30.4 Å². The highest BCUT2D eigenvalue weighted by Gasteiger charge is 2.32. The van der Waals surface area contributed by atoms with Crippen LogP contribution in [0.2, 0.25) is 0 Å². The van der Waals surface area contributed by atoms with Gasteiger partial charge in [-0.3, -0.25) is 29.8 Å². The van der Waals surface area contributed by atoms with Crippen molar-refractivity contribution >= 4 is 35.7 Å². The van der Waals surface area contributed by atoms with E-state index in [4.69, 9.17) is 14.2 Å². The first-order chi connectivity index (χ1) is 16.5. The van der Waals surface area contributed by atoms with Crippen LogP contribution in [-0.2, 0) is 35.2 Å². The van der Waals surface area contributed by atoms with E-state index in [1.807, 2.05) is 0 Å². The Hall–Kier alpha value is -4.36. The van der Waals surface area contributed by atoms with E-state index < -0.39 is 64.5 Å². The highest BCUT2D eigenvalue weighted by molar-refractivity contribution is 5.87. The molecule has 1 aliphatic rings. The third-order valence-electron chi connectivity index (χ3n) is 5.09. The van der Waals surface area contributed by atoms with Gasteiger partial charge in [-0.05, 0) is 25.8 Å². The lowest BCUT2D eigenvalue weighted by atomic mass is 9.97. The minimum atomic E-state index is -1.29. The van der Waals surface area contributed by atoms with Gasteiger partial charge in [0.25, 0.3) is 11.4 Å². The molecule has 1 aromatic carbocycles. The lowest BCUT2D eigenvalue weighted by Gasteiger charge is -2.30. The van der Waals surface area contributed by atoms with Gasteiger partial charge in [-0.1, -0.05) is 6.58 Å². The number of rotatable bonds is 10. The molecule has 188 valence electrons. The molecule has 1 amide bonds. The smallest absolute Gasteiger partial charge is 0.410 e. The number of benzene rings is 1. The number of aldehydes is 1. The number of nitrogens with zero attached hydrogens (tertiary/aromatic N) is 3. The minimum absolute atomic E-state index is 0.0774. The molecule has 14 nitrogen and oxygen atoms in total. The highest BCUT2D eigenvalue weighted by Crippen LogP contribution is 2.29. The van der Waals surface area contributed by atoms with Gasteiger partial charge < -0.3 is 19.1 Å². The van der Waals surface area contributed by atoms with Gasteiger partial charge in [-0.15, -0.1) is 0 Å². The van der Waals surface area contributed by atoms with Crippen molar-refractivity contribution in [3.8, 4) is 0 Å². The normalized spacial score (nSPS) is 14.4. The zero-order valence-corrected chi connectivity index (χ0v) is 18.7. The molecule has 1 aliphatic heterocycles. The third kappa shape index (κ3) is 7.31. The Morgan fingerprint density at radius 1 is 1.14 bits per heavy atom. The maximum absolute atomic E-state index is 12.4. The van der Waals surface area contributed by atoms with Gasteiger partial charge in [0, 0.05) is 30.8 Å². The van der Waals surface area contributed by atoms with Crippen LogP contribution in [0.4, 0.5) is 16.2 Å². The predicted molar refractivity (Wildman–Crippen MR) is 116 cm³/mol. The maximum atomic E-state index is 12.4. The Kier molecular flexibility index (Phi) is 9.37. The first-order valence-electron chi connectivity index (χ1n) is 10.4. The van der Waals surface area contributed by atoms with E-state index in [-0.39, 0.29) is 37.1 Å². The number of piperidine rings is 1. The fourth-order valence-electron chi connectivity index (χ4n) is 3.20. The van der Waals surface area contributed by atoms with Crippen LogP contribution in [-0.4, -0.2) is 64.9 Å². The van der Waals surface area contributed by atoms with Gasteiger partial charge in [0.2, 0.25) is 0 Å². The molecule has 0 N–H and O–H groups in total. The Morgan fingerprint density at radius 2 is 1.71 bits per heavy atom. The summed E-state index contributed by atoms with van der Waals surface area (Å²) in [6.45, 7) is 3.84. The molecule has 1 atom stereocenters. The van der Waals surface area contributed by atoms with E-state index in [1.54, 1.807) is 0 Å². The van der Waals surface area contributed by atoms with Crippen LogP contribution in [0.25, 0.3) is 0 Å². The van der Waals surface area contributed by atoms with Crippen LogP contribution in [0.3, 0.4) is 0 Å². The monoisotopic (exact) mass is 493 g/mol. The molecule has 0 bridgehead atoms. The number of nitro benzene ring substituents is 2. The van der Waals surface area contributed by atoms with Crippen LogP contribution in [0.1, 0.15) is 25.3 Å². The average Bonchev–Trinajstić information content (AvgIpc) is 2.84. The zero-order valence-electron chi connectivity index (χ0n) is 18.7. The number of esters is 2. The largest absolute Gasteiger partial charge is 0.458 e. The number of hydrogen-bond donors (Lipinski definition) is 0. The predicted octanol–water partition coefficient (Wildman–Crippen LogP) is 2.08. The first-order valence-corrected chi connectivity index (χ1v) is 10.4. The van der Waals surface area contributed by atoms with E-state index in [0.717, 1.165) is 18.2 Å². The maximum Gasteiger partial charge on any atom is 0.410 e. The van der Waals surface area contributed by atoms with Gasteiger partial charge in [0.1, 0.15) is 18.8 Å². The summed E-state index contributed by atoms with van der Waals surface area (Å²) < 4.78 is 14.9. The summed E-state index contributed by atoms with van der Waals surface area (Å²) in [7, 11) is 0. The van der Waals surface area contributed by atoms with Crippen LogP contribution in [0.5, 0.6) is 0 Å². The van der Waals surface area contributed by atoms with Crippen molar-refractivity contribution in [1.29, 1.82) is 0 Å². The number of carbonyl (C=O) groups is 4. The van der Waals surface area contributed by atoms with E-state index >= 15 is 0 Å². The lowest BCUT2D eigenvalue weighted by Crippen LogP contribution is -2.41. The van der Waals surface area contributed by atoms with Crippen LogP contribution in [0, 0.1) is 26.1 Å². The fraction of sp³-hybridized carbons (Fsp3) is 0.429. The molecule has 35 heavy (non-hydrogen) atoms. The number of nitro groups is 2. The standard InChI is InChI=1S/C21H23N3O11/c1-13(2)19(26)33-11-15(10-25)35-20(27)14-6-8-22(9-7-14)21(28)34-12-16-17(23(29)30)4-3-5-18(16)24(31)32/h3-5,10,14-15H,1,6-9,11-12H2,2H3. The number of ether oxygens (including phenoxy) is 3. The Morgan fingerprint density at radius 3 is 2.20 bits per heavy atom. The molecule has 0 aliphatic carbocycles. The summed E-state index contributed by atoms with van der Waals surface area (Å²) in [4.78, 5) is 69.2. The molecule has 1 saturated heterocycles. The minimum Gasteiger partial charge on any atom is -0.458 e. The van der Waals surface area contributed by atoms with E-state index in [9.17, 15) is 39.4 Å². The molecule has 14 heteroatoms. The van der Waals surface area contributed by atoms with Gasteiger partial charge >= 0.3 is 18.0 Å². The number of carbonyl (C=O) groups excluding carboxylic acids is 4. The van der Waals surface area contributed by atoms with Crippen molar-refractivity contribution in [2.75, 3.05) is 19.7 Å². The zero-order chi connectivity index (χ0) is 26.1.